The highest BCUT2D eigenvalue weighted by Crippen LogP contribution is 2.26. The molecule has 0 saturated carbocycles. The van der Waals surface area contributed by atoms with Crippen LogP contribution < -0.4 is 0 Å². The van der Waals surface area contributed by atoms with E-state index in [-0.39, 0.29) is 10.7 Å². The predicted octanol–water partition coefficient (Wildman–Crippen LogP) is 2.32. The third kappa shape index (κ3) is 1.92. The molecule has 0 aliphatic carbocycles. The molecule has 78 valence electrons. The summed E-state index contributed by atoms with van der Waals surface area (Å²) in [4.78, 5) is 10.4. The van der Waals surface area contributed by atoms with E-state index < -0.39 is 0 Å². The van der Waals surface area contributed by atoms with E-state index in [0.717, 1.165) is 24.0 Å². The zero-order chi connectivity index (χ0) is 10.7. The Bertz CT molecular complexity index is 347. The van der Waals surface area contributed by atoms with Gasteiger partial charge in [0.1, 0.15) is 0 Å². The van der Waals surface area contributed by atoms with Crippen molar-refractivity contribution in [2.45, 2.75) is 25.5 Å². The molecular weight excluding hydrogens is 200 g/mol. The molecule has 0 saturated heterocycles. The minimum absolute atomic E-state index is 0.170. The largest absolute Gasteiger partial charge is 0.358 e. The Morgan fingerprint density at radius 1 is 1.64 bits per heavy atom. The van der Waals surface area contributed by atoms with Gasteiger partial charge in [-0.2, -0.15) is 12.6 Å². The maximum Gasteiger partial charge on any atom is 0.327 e. The standard InChI is InChI=1S/C9H14N2O2S/c1-3-4-7-5-10(2)9(11(12)13)8(7)6-14/h5,14H,3-4,6H2,1-2H3. The van der Waals surface area contributed by atoms with E-state index in [1.165, 1.54) is 0 Å². The van der Waals surface area contributed by atoms with Crippen LogP contribution in [0.3, 0.4) is 0 Å². The first kappa shape index (κ1) is 11.1. The fourth-order valence-corrected chi connectivity index (χ4v) is 1.97. The predicted molar refractivity (Wildman–Crippen MR) is 58.8 cm³/mol. The summed E-state index contributed by atoms with van der Waals surface area (Å²) in [6.07, 6.45) is 3.69. The van der Waals surface area contributed by atoms with Crippen molar-refractivity contribution in [2.75, 3.05) is 0 Å². The number of hydrogen-bond donors (Lipinski definition) is 1. The van der Waals surface area contributed by atoms with Gasteiger partial charge in [-0.05, 0) is 11.3 Å². The van der Waals surface area contributed by atoms with Gasteiger partial charge < -0.3 is 10.1 Å². The van der Waals surface area contributed by atoms with Crippen molar-refractivity contribution in [3.8, 4) is 0 Å². The highest BCUT2D eigenvalue weighted by atomic mass is 32.1. The first-order valence-corrected chi connectivity index (χ1v) is 5.17. The van der Waals surface area contributed by atoms with E-state index >= 15 is 0 Å². The van der Waals surface area contributed by atoms with Crippen LogP contribution in [0.4, 0.5) is 5.82 Å². The van der Waals surface area contributed by atoms with Crippen molar-refractivity contribution in [1.82, 2.24) is 4.57 Å². The number of aromatic nitrogens is 1. The molecule has 1 aromatic heterocycles. The SMILES string of the molecule is CCCc1cn(C)c([N+](=O)[O-])c1CS. The zero-order valence-corrected chi connectivity index (χ0v) is 9.25. The first-order valence-electron chi connectivity index (χ1n) is 4.54. The van der Waals surface area contributed by atoms with Gasteiger partial charge in [0.25, 0.3) is 0 Å². The van der Waals surface area contributed by atoms with E-state index in [9.17, 15) is 10.1 Å². The molecule has 0 aliphatic heterocycles. The van der Waals surface area contributed by atoms with Gasteiger partial charge in [-0.1, -0.05) is 13.3 Å². The van der Waals surface area contributed by atoms with E-state index in [4.69, 9.17) is 0 Å². The Morgan fingerprint density at radius 3 is 2.71 bits per heavy atom. The molecule has 0 N–H and O–H groups in total. The fraction of sp³-hybridized carbons (Fsp3) is 0.556. The summed E-state index contributed by atoms with van der Waals surface area (Å²) in [5.74, 6) is 0.593. The Hall–Kier alpha value is -0.970. The summed E-state index contributed by atoms with van der Waals surface area (Å²) in [5, 5.41) is 10.8. The number of rotatable bonds is 4. The molecular formula is C9H14N2O2S. The van der Waals surface area contributed by atoms with Gasteiger partial charge in [-0.3, -0.25) is 0 Å². The third-order valence-corrected chi connectivity index (χ3v) is 2.51. The van der Waals surface area contributed by atoms with E-state index in [0.29, 0.717) is 5.75 Å². The van der Waals surface area contributed by atoms with Gasteiger partial charge in [-0.15, -0.1) is 0 Å². The molecule has 1 heterocycles. The van der Waals surface area contributed by atoms with Crippen LogP contribution in [-0.4, -0.2) is 9.49 Å². The lowest BCUT2D eigenvalue weighted by molar-refractivity contribution is -0.392. The molecule has 0 aliphatic rings. The summed E-state index contributed by atoms with van der Waals surface area (Å²) in [5.41, 5.74) is 1.79. The molecule has 0 unspecified atom stereocenters. The normalized spacial score (nSPS) is 10.5. The average Bonchev–Trinajstić information content (AvgIpc) is 2.42. The fourth-order valence-electron chi connectivity index (χ4n) is 1.63. The Labute approximate surface area is 88.5 Å². The molecule has 0 spiro atoms. The van der Waals surface area contributed by atoms with Crippen LogP contribution in [-0.2, 0) is 19.2 Å². The minimum atomic E-state index is -0.343. The smallest absolute Gasteiger partial charge is 0.327 e. The molecule has 0 atom stereocenters. The molecule has 4 nitrogen and oxygen atoms in total. The molecule has 0 bridgehead atoms. The summed E-state index contributed by atoms with van der Waals surface area (Å²) in [6.45, 7) is 2.06. The van der Waals surface area contributed by atoms with Crippen molar-refractivity contribution in [3.63, 3.8) is 0 Å². The highest BCUT2D eigenvalue weighted by Gasteiger charge is 2.21. The van der Waals surface area contributed by atoms with Crippen LogP contribution >= 0.6 is 12.6 Å². The molecule has 0 fully saturated rings. The number of hydrogen-bond acceptors (Lipinski definition) is 3. The lowest BCUT2D eigenvalue weighted by Gasteiger charge is -1.99. The van der Waals surface area contributed by atoms with Gasteiger partial charge >= 0.3 is 5.82 Å². The van der Waals surface area contributed by atoms with Crippen molar-refractivity contribution in [3.05, 3.63) is 27.4 Å². The van der Waals surface area contributed by atoms with Gasteiger partial charge in [0.15, 0.2) is 0 Å². The van der Waals surface area contributed by atoms with E-state index in [1.54, 1.807) is 11.6 Å². The molecule has 5 heteroatoms. The first-order chi connectivity index (χ1) is 6.61. The molecule has 0 radical (unpaired) electrons. The second kappa shape index (κ2) is 4.50. The van der Waals surface area contributed by atoms with Crippen molar-refractivity contribution < 1.29 is 4.92 Å². The van der Waals surface area contributed by atoms with Crippen LogP contribution in [0, 0.1) is 10.1 Å². The third-order valence-electron chi connectivity index (χ3n) is 2.19. The second-order valence-corrected chi connectivity index (χ2v) is 3.55. The highest BCUT2D eigenvalue weighted by molar-refractivity contribution is 7.79. The van der Waals surface area contributed by atoms with Crippen LogP contribution in [0.1, 0.15) is 24.5 Å². The van der Waals surface area contributed by atoms with Crippen molar-refractivity contribution in [2.24, 2.45) is 7.05 Å². The number of aryl methyl sites for hydroxylation is 2. The molecule has 0 aromatic carbocycles. The molecule has 1 rings (SSSR count). The van der Waals surface area contributed by atoms with Gasteiger partial charge in [0, 0.05) is 11.3 Å². The molecule has 1 aromatic rings. The summed E-state index contributed by atoms with van der Waals surface area (Å²) >= 11 is 4.13. The Balaban J connectivity index is 3.21. The van der Waals surface area contributed by atoms with Crippen LogP contribution in [0.25, 0.3) is 0 Å². The molecule has 0 amide bonds. The number of nitro groups is 1. The maximum absolute atomic E-state index is 10.8. The van der Waals surface area contributed by atoms with Crippen molar-refractivity contribution >= 4 is 18.4 Å². The molecule has 14 heavy (non-hydrogen) atoms. The number of thiol groups is 1. The Morgan fingerprint density at radius 2 is 2.29 bits per heavy atom. The second-order valence-electron chi connectivity index (χ2n) is 3.23. The quantitative estimate of drug-likeness (QED) is 0.475. The van der Waals surface area contributed by atoms with Crippen LogP contribution in [0.15, 0.2) is 6.20 Å². The summed E-state index contributed by atoms with van der Waals surface area (Å²) in [7, 11) is 1.70. The average molecular weight is 214 g/mol. The zero-order valence-electron chi connectivity index (χ0n) is 8.36. The van der Waals surface area contributed by atoms with Crippen LogP contribution in [0.5, 0.6) is 0 Å². The number of nitrogens with zero attached hydrogens (tertiary/aromatic N) is 2. The topological polar surface area (TPSA) is 48.1 Å². The monoisotopic (exact) mass is 214 g/mol. The van der Waals surface area contributed by atoms with Gasteiger partial charge in [0.05, 0.1) is 18.8 Å². The van der Waals surface area contributed by atoms with Gasteiger partial charge in [-0.25, -0.2) is 4.57 Å². The van der Waals surface area contributed by atoms with Crippen LogP contribution in [0.2, 0.25) is 0 Å². The lowest BCUT2D eigenvalue weighted by atomic mass is 10.1. The van der Waals surface area contributed by atoms with Gasteiger partial charge in [0.2, 0.25) is 0 Å². The maximum atomic E-state index is 10.8. The summed E-state index contributed by atoms with van der Waals surface area (Å²) in [6, 6.07) is 0. The Kier molecular flexibility index (Phi) is 3.57. The van der Waals surface area contributed by atoms with Crippen molar-refractivity contribution in [1.29, 1.82) is 0 Å². The van der Waals surface area contributed by atoms with E-state index in [1.807, 2.05) is 6.20 Å². The minimum Gasteiger partial charge on any atom is -0.358 e. The van der Waals surface area contributed by atoms with E-state index in [2.05, 4.69) is 19.6 Å². The lowest BCUT2D eigenvalue weighted by Crippen LogP contribution is -1.98. The summed E-state index contributed by atoms with van der Waals surface area (Å²) < 4.78 is 1.57.